The molecular formula is C27H30N2O3. The van der Waals surface area contributed by atoms with Gasteiger partial charge in [-0.25, -0.2) is 0 Å². The van der Waals surface area contributed by atoms with E-state index < -0.39 is 0 Å². The summed E-state index contributed by atoms with van der Waals surface area (Å²) >= 11 is 0. The summed E-state index contributed by atoms with van der Waals surface area (Å²) in [6, 6.07) is 24.4. The van der Waals surface area contributed by atoms with Crippen LogP contribution >= 0.6 is 0 Å². The standard InChI is InChI=1S/C27H30N2O3/c30-26(28-24-13-6-11-22-10-4-5-12-23(22)24)19-29-16-15-27(14-7-17-32-27)25(18-29)31-20-21-8-2-1-3-9-21/h1-6,8-13,25H,7,14-20H2,(H,28,30)/t25-,27+/m0/s1. The lowest BCUT2D eigenvalue weighted by atomic mass is 9.85. The number of rotatable bonds is 6. The lowest BCUT2D eigenvalue weighted by Gasteiger charge is -2.44. The highest BCUT2D eigenvalue weighted by atomic mass is 16.6. The Morgan fingerprint density at radius 2 is 1.84 bits per heavy atom. The van der Waals surface area contributed by atoms with E-state index in [1.54, 1.807) is 0 Å². The molecule has 2 aliphatic heterocycles. The smallest absolute Gasteiger partial charge is 0.238 e. The molecule has 5 rings (SSSR count). The highest BCUT2D eigenvalue weighted by Crippen LogP contribution is 2.38. The maximum atomic E-state index is 12.9. The van der Waals surface area contributed by atoms with Crippen LogP contribution < -0.4 is 5.32 Å². The van der Waals surface area contributed by atoms with Gasteiger partial charge in [-0.3, -0.25) is 9.69 Å². The van der Waals surface area contributed by atoms with Crippen LogP contribution in [0.1, 0.15) is 24.8 Å². The number of anilines is 1. The molecular weight excluding hydrogens is 400 g/mol. The van der Waals surface area contributed by atoms with Crippen LogP contribution in [0.3, 0.4) is 0 Å². The SMILES string of the molecule is O=C(CN1CC[C@]2(CCCO2)[C@@H](OCc2ccccc2)C1)Nc1cccc2ccccc12. The average Bonchev–Trinajstić information content (AvgIpc) is 3.30. The van der Waals surface area contributed by atoms with E-state index in [0.717, 1.165) is 54.4 Å². The molecule has 3 aromatic carbocycles. The molecule has 0 saturated carbocycles. The second-order valence-electron chi connectivity index (χ2n) is 8.86. The van der Waals surface area contributed by atoms with Crippen molar-refractivity contribution in [2.45, 2.75) is 37.6 Å². The molecule has 2 aliphatic rings. The lowest BCUT2D eigenvalue weighted by Crippen LogP contribution is -2.57. The maximum Gasteiger partial charge on any atom is 0.238 e. The second kappa shape index (κ2) is 9.41. The summed E-state index contributed by atoms with van der Waals surface area (Å²) in [4.78, 5) is 15.1. The van der Waals surface area contributed by atoms with E-state index >= 15 is 0 Å². The molecule has 0 bridgehead atoms. The van der Waals surface area contributed by atoms with Gasteiger partial charge in [-0.1, -0.05) is 66.7 Å². The van der Waals surface area contributed by atoms with E-state index in [0.29, 0.717) is 19.7 Å². The molecule has 5 nitrogen and oxygen atoms in total. The molecule has 0 radical (unpaired) electrons. The number of hydrogen-bond acceptors (Lipinski definition) is 4. The average molecular weight is 431 g/mol. The van der Waals surface area contributed by atoms with Gasteiger partial charge in [0.1, 0.15) is 0 Å². The van der Waals surface area contributed by atoms with E-state index in [4.69, 9.17) is 9.47 Å². The van der Waals surface area contributed by atoms with Crippen molar-refractivity contribution < 1.29 is 14.3 Å². The fourth-order valence-electron chi connectivity index (χ4n) is 5.02. The number of carbonyl (C=O) groups excluding carboxylic acids is 1. The first-order chi connectivity index (χ1) is 15.7. The number of amides is 1. The molecule has 2 heterocycles. The van der Waals surface area contributed by atoms with Gasteiger partial charge in [0.25, 0.3) is 0 Å². The van der Waals surface area contributed by atoms with Gasteiger partial charge in [-0.05, 0) is 36.3 Å². The summed E-state index contributed by atoms with van der Waals surface area (Å²) in [5.41, 5.74) is 1.81. The molecule has 2 atom stereocenters. The Balaban J connectivity index is 1.24. The van der Waals surface area contributed by atoms with Crippen LogP contribution in [-0.4, -0.2) is 48.8 Å². The molecule has 0 aliphatic carbocycles. The molecule has 1 N–H and O–H groups in total. The quantitative estimate of drug-likeness (QED) is 0.620. The van der Waals surface area contributed by atoms with Crippen molar-refractivity contribution in [3.8, 4) is 0 Å². The number of hydrogen-bond donors (Lipinski definition) is 1. The minimum absolute atomic E-state index is 0.00597. The first-order valence-electron chi connectivity index (χ1n) is 11.5. The third kappa shape index (κ3) is 4.56. The Morgan fingerprint density at radius 1 is 1.03 bits per heavy atom. The summed E-state index contributed by atoms with van der Waals surface area (Å²) in [5.74, 6) is 0.00597. The second-order valence-corrected chi connectivity index (χ2v) is 8.86. The molecule has 1 amide bonds. The van der Waals surface area contributed by atoms with Crippen LogP contribution in [0.5, 0.6) is 0 Å². The number of piperidine rings is 1. The van der Waals surface area contributed by atoms with Gasteiger partial charge in [-0.15, -0.1) is 0 Å². The largest absolute Gasteiger partial charge is 0.372 e. The van der Waals surface area contributed by atoms with Crippen LogP contribution in [0.25, 0.3) is 10.8 Å². The predicted octanol–water partition coefficient (Wildman–Crippen LogP) is 4.62. The molecule has 5 heteroatoms. The molecule has 0 aromatic heterocycles. The number of carbonyl (C=O) groups is 1. The number of fused-ring (bicyclic) bond motifs is 1. The van der Waals surface area contributed by atoms with Gasteiger partial charge in [0.2, 0.25) is 5.91 Å². The number of benzene rings is 3. The van der Waals surface area contributed by atoms with Crippen LogP contribution in [0, 0.1) is 0 Å². The Labute approximate surface area is 189 Å². The van der Waals surface area contributed by atoms with Gasteiger partial charge in [0.05, 0.1) is 24.9 Å². The summed E-state index contributed by atoms with van der Waals surface area (Å²) in [5, 5.41) is 5.30. The van der Waals surface area contributed by atoms with Crippen LogP contribution in [0.15, 0.2) is 72.8 Å². The van der Waals surface area contributed by atoms with Gasteiger partial charge < -0.3 is 14.8 Å². The fourth-order valence-corrected chi connectivity index (χ4v) is 5.02. The topological polar surface area (TPSA) is 50.8 Å². The van der Waals surface area contributed by atoms with Crippen molar-refractivity contribution in [3.05, 3.63) is 78.4 Å². The first kappa shape index (κ1) is 21.1. The fraction of sp³-hybridized carbons (Fsp3) is 0.370. The van der Waals surface area contributed by atoms with E-state index in [-0.39, 0.29) is 17.6 Å². The minimum atomic E-state index is -0.211. The summed E-state index contributed by atoms with van der Waals surface area (Å²) in [6.07, 6.45) is 2.97. The summed E-state index contributed by atoms with van der Waals surface area (Å²) in [7, 11) is 0. The number of nitrogens with zero attached hydrogens (tertiary/aromatic N) is 1. The molecule has 166 valence electrons. The molecule has 2 fully saturated rings. The van der Waals surface area contributed by atoms with Crippen molar-refractivity contribution in [2.75, 3.05) is 31.6 Å². The highest BCUT2D eigenvalue weighted by Gasteiger charge is 2.47. The van der Waals surface area contributed by atoms with Gasteiger partial charge in [0.15, 0.2) is 0 Å². The predicted molar refractivity (Wildman–Crippen MR) is 127 cm³/mol. The molecule has 3 aromatic rings. The van der Waals surface area contributed by atoms with Crippen LogP contribution in [0.2, 0.25) is 0 Å². The Hall–Kier alpha value is -2.73. The van der Waals surface area contributed by atoms with Gasteiger partial charge >= 0.3 is 0 Å². The molecule has 32 heavy (non-hydrogen) atoms. The summed E-state index contributed by atoms with van der Waals surface area (Å²) < 4.78 is 12.6. The van der Waals surface area contributed by atoms with Crippen molar-refractivity contribution in [1.82, 2.24) is 4.90 Å². The Kier molecular flexibility index (Phi) is 6.21. The van der Waals surface area contributed by atoms with Gasteiger partial charge in [-0.2, -0.15) is 0 Å². The van der Waals surface area contributed by atoms with E-state index in [1.807, 2.05) is 48.5 Å². The molecule has 1 spiro atoms. The van der Waals surface area contributed by atoms with Gasteiger partial charge in [0, 0.05) is 30.8 Å². The number of ether oxygens (including phenoxy) is 2. The monoisotopic (exact) mass is 430 g/mol. The van der Waals surface area contributed by atoms with Crippen molar-refractivity contribution >= 4 is 22.4 Å². The Bertz CT molecular complexity index is 1060. The van der Waals surface area contributed by atoms with Crippen molar-refractivity contribution in [2.24, 2.45) is 0 Å². The number of likely N-dealkylation sites (tertiary alicyclic amines) is 1. The normalized spacial score (nSPS) is 23.6. The maximum absolute atomic E-state index is 12.9. The highest BCUT2D eigenvalue weighted by molar-refractivity contribution is 6.02. The van der Waals surface area contributed by atoms with Crippen molar-refractivity contribution in [3.63, 3.8) is 0 Å². The number of nitrogens with one attached hydrogen (secondary N) is 1. The van der Waals surface area contributed by atoms with Crippen LogP contribution in [0.4, 0.5) is 5.69 Å². The molecule has 0 unspecified atom stereocenters. The zero-order chi connectivity index (χ0) is 21.8. The van der Waals surface area contributed by atoms with Crippen molar-refractivity contribution in [1.29, 1.82) is 0 Å². The van der Waals surface area contributed by atoms with E-state index in [2.05, 4.69) is 34.5 Å². The zero-order valence-electron chi connectivity index (χ0n) is 18.3. The third-order valence-electron chi connectivity index (χ3n) is 6.72. The molecule has 2 saturated heterocycles. The third-order valence-corrected chi connectivity index (χ3v) is 6.72. The van der Waals surface area contributed by atoms with E-state index in [9.17, 15) is 4.79 Å². The van der Waals surface area contributed by atoms with E-state index in [1.165, 1.54) is 0 Å². The summed E-state index contributed by atoms with van der Waals surface area (Å²) in [6.45, 7) is 3.26. The first-order valence-corrected chi connectivity index (χ1v) is 11.5. The Morgan fingerprint density at radius 3 is 2.69 bits per heavy atom. The lowest BCUT2D eigenvalue weighted by molar-refractivity contribution is -0.159. The van der Waals surface area contributed by atoms with Crippen LogP contribution in [-0.2, 0) is 20.9 Å². The zero-order valence-corrected chi connectivity index (χ0v) is 18.3. The minimum Gasteiger partial charge on any atom is -0.372 e.